The molecule has 3 aromatic carbocycles. The van der Waals surface area contributed by atoms with Gasteiger partial charge in [0.1, 0.15) is 18.1 Å². The number of fused-ring (bicyclic) bond motifs is 1. The van der Waals surface area contributed by atoms with Crippen LogP contribution in [0.5, 0.6) is 11.5 Å². The molecule has 0 unspecified atom stereocenters. The van der Waals surface area contributed by atoms with Crippen LogP contribution in [0.25, 0.3) is 0 Å². The van der Waals surface area contributed by atoms with E-state index < -0.39 is 15.9 Å². The van der Waals surface area contributed by atoms with E-state index in [1.165, 1.54) is 28.6 Å². The number of hydrogen-bond acceptors (Lipinski definition) is 6. The lowest BCUT2D eigenvalue weighted by Gasteiger charge is -2.29. The molecule has 1 aliphatic heterocycles. The Morgan fingerprint density at radius 1 is 1.03 bits per heavy atom. The maximum absolute atomic E-state index is 12.8. The van der Waals surface area contributed by atoms with E-state index in [1.54, 1.807) is 36.9 Å². The molecule has 0 aromatic heterocycles. The quantitative estimate of drug-likeness (QED) is 0.418. The Labute approximate surface area is 223 Å². The van der Waals surface area contributed by atoms with E-state index in [1.807, 2.05) is 31.2 Å². The predicted molar refractivity (Wildman–Crippen MR) is 145 cm³/mol. The van der Waals surface area contributed by atoms with Crippen LogP contribution in [0.2, 0.25) is 0 Å². The van der Waals surface area contributed by atoms with E-state index in [-0.39, 0.29) is 17.4 Å². The fourth-order valence-corrected chi connectivity index (χ4v) is 5.57. The second-order valence-corrected chi connectivity index (χ2v) is 10.7. The van der Waals surface area contributed by atoms with E-state index in [4.69, 9.17) is 9.47 Å². The Balaban J connectivity index is 1.42. The van der Waals surface area contributed by atoms with Crippen LogP contribution >= 0.6 is 0 Å². The molecule has 2 amide bonds. The minimum Gasteiger partial charge on any atom is -0.492 e. The van der Waals surface area contributed by atoms with Gasteiger partial charge >= 0.3 is 0 Å². The van der Waals surface area contributed by atoms with E-state index in [9.17, 15) is 18.0 Å². The Morgan fingerprint density at radius 3 is 2.37 bits per heavy atom. The molecule has 1 aliphatic rings. The number of anilines is 2. The smallest absolute Gasteiger partial charge is 0.265 e. The number of nitrogens with one attached hydrogen (secondary N) is 1. The number of carbonyl (C=O) groups excluding carboxylic acids is 2. The summed E-state index contributed by atoms with van der Waals surface area (Å²) in [5, 5.41) is 2.80. The standard InChI is InChI=1S/C28H31N3O6S/c1-4-30(5-2)38(34,35)24-13-8-21(9-14-24)28(33)29-22-10-15-25-26(18-22)37-19-27(32)31(25)16-17-36-23-11-6-20(3)7-12-23/h6-15,18H,4-5,16-17,19H2,1-3H3,(H,29,33). The molecule has 0 bridgehead atoms. The van der Waals surface area contributed by atoms with Gasteiger partial charge in [-0.15, -0.1) is 0 Å². The molecule has 0 radical (unpaired) electrons. The van der Waals surface area contributed by atoms with Crippen molar-refractivity contribution in [1.82, 2.24) is 4.31 Å². The molecule has 1 heterocycles. The number of benzene rings is 3. The normalized spacial score (nSPS) is 13.2. The highest BCUT2D eigenvalue weighted by Crippen LogP contribution is 2.34. The summed E-state index contributed by atoms with van der Waals surface area (Å²) in [6, 6.07) is 18.6. The van der Waals surface area contributed by atoms with Crippen molar-refractivity contribution in [2.75, 3.05) is 43.1 Å². The monoisotopic (exact) mass is 537 g/mol. The van der Waals surface area contributed by atoms with Crippen LogP contribution in [0, 0.1) is 6.92 Å². The zero-order valence-electron chi connectivity index (χ0n) is 21.6. The first kappa shape index (κ1) is 27.2. The second kappa shape index (κ2) is 11.7. The lowest BCUT2D eigenvalue weighted by Crippen LogP contribution is -2.41. The average Bonchev–Trinajstić information content (AvgIpc) is 2.91. The fourth-order valence-electron chi connectivity index (χ4n) is 4.11. The van der Waals surface area contributed by atoms with Crippen LogP contribution in [0.3, 0.4) is 0 Å². The molecule has 3 aromatic rings. The van der Waals surface area contributed by atoms with E-state index in [0.717, 1.165) is 11.3 Å². The highest BCUT2D eigenvalue weighted by atomic mass is 32.2. The predicted octanol–water partition coefficient (Wildman–Crippen LogP) is 4.08. The number of carbonyl (C=O) groups is 2. The number of amides is 2. The number of nitrogens with zero attached hydrogens (tertiary/aromatic N) is 2. The number of aryl methyl sites for hydroxylation is 1. The van der Waals surface area contributed by atoms with Crippen molar-refractivity contribution in [3.8, 4) is 11.5 Å². The Bertz CT molecular complexity index is 1400. The lowest BCUT2D eigenvalue weighted by molar-refractivity contribution is -0.121. The molecule has 200 valence electrons. The van der Waals surface area contributed by atoms with Gasteiger partial charge in [0.05, 0.1) is 17.1 Å². The largest absolute Gasteiger partial charge is 0.492 e. The molecule has 38 heavy (non-hydrogen) atoms. The molecule has 9 nitrogen and oxygen atoms in total. The third-order valence-electron chi connectivity index (χ3n) is 6.22. The van der Waals surface area contributed by atoms with Crippen molar-refractivity contribution in [3.63, 3.8) is 0 Å². The molecule has 0 saturated heterocycles. The summed E-state index contributed by atoms with van der Waals surface area (Å²) in [4.78, 5) is 27.1. The van der Waals surface area contributed by atoms with Crippen molar-refractivity contribution < 1.29 is 27.5 Å². The van der Waals surface area contributed by atoms with Gasteiger partial charge in [0, 0.05) is 30.4 Å². The minimum atomic E-state index is -3.60. The number of rotatable bonds is 10. The van der Waals surface area contributed by atoms with Gasteiger partial charge in [0.15, 0.2) is 6.61 Å². The van der Waals surface area contributed by atoms with Crippen molar-refractivity contribution in [2.24, 2.45) is 0 Å². The van der Waals surface area contributed by atoms with E-state index in [2.05, 4.69) is 5.32 Å². The van der Waals surface area contributed by atoms with Crippen molar-refractivity contribution in [3.05, 3.63) is 77.9 Å². The molecule has 1 N–H and O–H groups in total. The van der Waals surface area contributed by atoms with Crippen LogP contribution in [-0.4, -0.2) is 57.4 Å². The molecule has 0 atom stereocenters. The molecule has 0 spiro atoms. The molecule has 10 heteroatoms. The first-order chi connectivity index (χ1) is 18.2. The zero-order chi connectivity index (χ0) is 27.3. The molecule has 4 rings (SSSR count). The first-order valence-corrected chi connectivity index (χ1v) is 13.8. The van der Waals surface area contributed by atoms with Gasteiger partial charge in [-0.2, -0.15) is 4.31 Å². The molecule has 0 aliphatic carbocycles. The Morgan fingerprint density at radius 2 is 1.71 bits per heavy atom. The van der Waals surface area contributed by atoms with Gasteiger partial charge in [-0.1, -0.05) is 31.5 Å². The SMILES string of the molecule is CCN(CC)S(=O)(=O)c1ccc(C(=O)Nc2ccc3c(c2)OCC(=O)N3CCOc2ccc(C)cc2)cc1. The topological polar surface area (TPSA) is 105 Å². The van der Waals surface area contributed by atoms with E-state index >= 15 is 0 Å². The summed E-state index contributed by atoms with van der Waals surface area (Å²) in [6.07, 6.45) is 0. The van der Waals surface area contributed by atoms with Gasteiger partial charge in [-0.25, -0.2) is 8.42 Å². The van der Waals surface area contributed by atoms with Gasteiger partial charge in [-0.05, 0) is 55.5 Å². The first-order valence-electron chi connectivity index (χ1n) is 12.4. The van der Waals surface area contributed by atoms with E-state index in [0.29, 0.717) is 48.9 Å². The Kier molecular flexibility index (Phi) is 8.33. The van der Waals surface area contributed by atoms with Crippen molar-refractivity contribution >= 4 is 33.2 Å². The molecule has 0 fully saturated rings. The zero-order valence-corrected chi connectivity index (χ0v) is 22.5. The number of hydrogen-bond donors (Lipinski definition) is 1. The molecular weight excluding hydrogens is 506 g/mol. The van der Waals surface area contributed by atoms with Crippen LogP contribution in [-0.2, 0) is 14.8 Å². The summed E-state index contributed by atoms with van der Waals surface area (Å²) in [5.74, 6) is 0.625. The van der Waals surface area contributed by atoms with Gasteiger partial charge in [0.25, 0.3) is 11.8 Å². The summed E-state index contributed by atoms with van der Waals surface area (Å²) >= 11 is 0. The molecule has 0 saturated carbocycles. The van der Waals surface area contributed by atoms with Gasteiger partial charge < -0.3 is 19.7 Å². The van der Waals surface area contributed by atoms with Crippen molar-refractivity contribution in [2.45, 2.75) is 25.7 Å². The Hall–Kier alpha value is -3.89. The van der Waals surface area contributed by atoms with Crippen LogP contribution in [0.1, 0.15) is 29.8 Å². The number of sulfonamides is 1. The summed E-state index contributed by atoms with van der Waals surface area (Å²) in [6.45, 7) is 6.83. The summed E-state index contributed by atoms with van der Waals surface area (Å²) in [7, 11) is -3.60. The van der Waals surface area contributed by atoms with Gasteiger partial charge in [-0.3, -0.25) is 9.59 Å². The maximum atomic E-state index is 12.8. The highest BCUT2D eigenvalue weighted by Gasteiger charge is 2.26. The highest BCUT2D eigenvalue weighted by molar-refractivity contribution is 7.89. The van der Waals surface area contributed by atoms with Crippen LogP contribution in [0.4, 0.5) is 11.4 Å². The maximum Gasteiger partial charge on any atom is 0.265 e. The van der Waals surface area contributed by atoms with Crippen LogP contribution < -0.4 is 19.7 Å². The minimum absolute atomic E-state index is 0.114. The second-order valence-electron chi connectivity index (χ2n) is 8.75. The van der Waals surface area contributed by atoms with Crippen LogP contribution in [0.15, 0.2) is 71.6 Å². The fraction of sp³-hybridized carbons (Fsp3) is 0.286. The number of ether oxygens (including phenoxy) is 2. The third-order valence-corrected chi connectivity index (χ3v) is 8.29. The summed E-state index contributed by atoms with van der Waals surface area (Å²) in [5.41, 5.74) is 2.53. The van der Waals surface area contributed by atoms with Gasteiger partial charge in [0.2, 0.25) is 10.0 Å². The third kappa shape index (κ3) is 5.98. The summed E-state index contributed by atoms with van der Waals surface area (Å²) < 4.78 is 38.1. The molecular formula is C28H31N3O6S. The average molecular weight is 538 g/mol. The van der Waals surface area contributed by atoms with Crippen molar-refractivity contribution in [1.29, 1.82) is 0 Å². The lowest BCUT2D eigenvalue weighted by atomic mass is 10.2.